The molecule has 0 radical (unpaired) electrons. The summed E-state index contributed by atoms with van der Waals surface area (Å²) in [7, 11) is 0. The number of esters is 1. The number of hydrogen-bond donors (Lipinski definition) is 1. The molecule has 0 amide bonds. The third kappa shape index (κ3) is 1.96. The van der Waals surface area contributed by atoms with Crippen LogP contribution in [0.25, 0.3) is 0 Å². The summed E-state index contributed by atoms with van der Waals surface area (Å²) in [5, 5.41) is 9.61. The van der Waals surface area contributed by atoms with Crippen LogP contribution < -0.4 is 0 Å². The van der Waals surface area contributed by atoms with Crippen LogP contribution in [0.5, 0.6) is 0 Å². The molecule has 20 heavy (non-hydrogen) atoms. The van der Waals surface area contributed by atoms with Crippen molar-refractivity contribution in [3.8, 4) is 0 Å². The van der Waals surface area contributed by atoms with E-state index in [9.17, 15) is 9.90 Å². The number of carbonyl (C=O) groups excluding carboxylic acids is 1. The van der Waals surface area contributed by atoms with Crippen LogP contribution in [0.3, 0.4) is 0 Å². The Hall–Kier alpha value is -0.730. The standard InChI is InChI=1S/C13H20O7/c1-11(2)16-5-7(18-11)8-9-13(6-14,10(15)17-8)20-12(3,4)19-9/h7-9,14H,5-6H2,1-4H3/t7-,8+,9-,13-/m0/s1. The molecule has 3 saturated heterocycles. The zero-order chi connectivity index (χ0) is 14.8. The van der Waals surface area contributed by atoms with Crippen molar-refractivity contribution in [3.63, 3.8) is 0 Å². The Labute approximate surface area is 117 Å². The van der Waals surface area contributed by atoms with Gasteiger partial charge in [0.15, 0.2) is 17.7 Å². The second-order valence-electron chi connectivity index (χ2n) is 6.33. The molecule has 3 fully saturated rings. The lowest BCUT2D eigenvalue weighted by atomic mass is 9.95. The fourth-order valence-electron chi connectivity index (χ4n) is 3.03. The van der Waals surface area contributed by atoms with E-state index in [0.29, 0.717) is 6.61 Å². The predicted octanol–water partition coefficient (Wildman–Crippen LogP) is -0.0541. The van der Waals surface area contributed by atoms with Gasteiger partial charge >= 0.3 is 5.97 Å². The van der Waals surface area contributed by atoms with E-state index < -0.39 is 48.1 Å². The lowest BCUT2D eigenvalue weighted by Gasteiger charge is -2.25. The molecule has 0 unspecified atom stereocenters. The molecule has 7 nitrogen and oxygen atoms in total. The minimum atomic E-state index is -1.47. The summed E-state index contributed by atoms with van der Waals surface area (Å²) in [5.41, 5.74) is -1.47. The molecule has 3 heterocycles. The van der Waals surface area contributed by atoms with Crippen LogP contribution in [0.1, 0.15) is 27.7 Å². The highest BCUT2D eigenvalue weighted by atomic mass is 16.8. The molecular formula is C13H20O7. The van der Waals surface area contributed by atoms with Gasteiger partial charge in [-0.2, -0.15) is 0 Å². The van der Waals surface area contributed by atoms with E-state index in [0.717, 1.165) is 0 Å². The van der Waals surface area contributed by atoms with Crippen LogP contribution in [0.2, 0.25) is 0 Å². The predicted molar refractivity (Wildman–Crippen MR) is 64.6 cm³/mol. The molecule has 3 aliphatic heterocycles. The summed E-state index contributed by atoms with van der Waals surface area (Å²) < 4.78 is 28.0. The molecule has 0 bridgehead atoms. The first-order valence-corrected chi connectivity index (χ1v) is 6.71. The molecule has 114 valence electrons. The first-order chi connectivity index (χ1) is 9.19. The van der Waals surface area contributed by atoms with Crippen LogP contribution in [0.4, 0.5) is 0 Å². The van der Waals surface area contributed by atoms with Crippen LogP contribution in [0, 0.1) is 0 Å². The monoisotopic (exact) mass is 288 g/mol. The van der Waals surface area contributed by atoms with E-state index in [-0.39, 0.29) is 0 Å². The van der Waals surface area contributed by atoms with Crippen molar-refractivity contribution < 1.29 is 33.6 Å². The lowest BCUT2D eigenvalue weighted by molar-refractivity contribution is -0.210. The lowest BCUT2D eigenvalue weighted by Crippen LogP contribution is -2.49. The summed E-state index contributed by atoms with van der Waals surface area (Å²) >= 11 is 0. The number of ether oxygens (including phenoxy) is 5. The number of aliphatic hydroxyl groups excluding tert-OH is 1. The minimum absolute atomic E-state index is 0.298. The number of carbonyl (C=O) groups is 1. The Bertz CT molecular complexity index is 432. The number of aliphatic hydroxyl groups is 1. The fraction of sp³-hybridized carbons (Fsp3) is 0.923. The molecule has 0 aromatic carbocycles. The molecule has 1 N–H and O–H groups in total. The third-order valence-corrected chi connectivity index (χ3v) is 3.82. The maximum absolute atomic E-state index is 12.1. The normalized spacial score (nSPS) is 45.5. The van der Waals surface area contributed by atoms with Gasteiger partial charge in [-0.15, -0.1) is 0 Å². The van der Waals surface area contributed by atoms with E-state index in [4.69, 9.17) is 23.7 Å². The van der Waals surface area contributed by atoms with Gasteiger partial charge in [0.2, 0.25) is 5.60 Å². The topological polar surface area (TPSA) is 83.5 Å². The van der Waals surface area contributed by atoms with Gasteiger partial charge in [-0.25, -0.2) is 4.79 Å². The molecule has 7 heteroatoms. The van der Waals surface area contributed by atoms with Gasteiger partial charge in [-0.05, 0) is 27.7 Å². The van der Waals surface area contributed by atoms with Crippen molar-refractivity contribution in [2.75, 3.05) is 13.2 Å². The number of fused-ring (bicyclic) bond motifs is 1. The van der Waals surface area contributed by atoms with Crippen molar-refractivity contribution >= 4 is 5.97 Å². The van der Waals surface area contributed by atoms with E-state index >= 15 is 0 Å². The van der Waals surface area contributed by atoms with Gasteiger partial charge in [0.1, 0.15) is 12.2 Å². The summed E-state index contributed by atoms with van der Waals surface area (Å²) in [5.74, 6) is -2.30. The Morgan fingerprint density at radius 3 is 2.45 bits per heavy atom. The molecule has 3 aliphatic rings. The zero-order valence-electron chi connectivity index (χ0n) is 12.0. The van der Waals surface area contributed by atoms with Gasteiger partial charge in [0.25, 0.3) is 0 Å². The average molecular weight is 288 g/mol. The highest BCUT2D eigenvalue weighted by Crippen LogP contribution is 2.46. The van der Waals surface area contributed by atoms with Crippen LogP contribution in [0.15, 0.2) is 0 Å². The van der Waals surface area contributed by atoms with Crippen molar-refractivity contribution in [2.24, 2.45) is 0 Å². The Morgan fingerprint density at radius 2 is 1.90 bits per heavy atom. The van der Waals surface area contributed by atoms with Crippen LogP contribution in [-0.2, 0) is 28.5 Å². The van der Waals surface area contributed by atoms with E-state index in [1.54, 1.807) is 27.7 Å². The third-order valence-electron chi connectivity index (χ3n) is 3.82. The van der Waals surface area contributed by atoms with Gasteiger partial charge in [0.05, 0.1) is 13.2 Å². The van der Waals surface area contributed by atoms with Gasteiger partial charge in [-0.1, -0.05) is 0 Å². The number of hydrogen-bond acceptors (Lipinski definition) is 7. The van der Waals surface area contributed by atoms with Crippen molar-refractivity contribution in [2.45, 2.75) is 63.2 Å². The summed E-state index contributed by atoms with van der Waals surface area (Å²) in [6.45, 7) is 6.78. The maximum atomic E-state index is 12.1. The summed E-state index contributed by atoms with van der Waals surface area (Å²) in [6.07, 6.45) is -1.81. The van der Waals surface area contributed by atoms with Gasteiger partial charge in [-0.3, -0.25) is 0 Å². The van der Waals surface area contributed by atoms with Crippen molar-refractivity contribution in [3.05, 3.63) is 0 Å². The highest BCUT2D eigenvalue weighted by molar-refractivity contribution is 5.84. The zero-order valence-corrected chi connectivity index (χ0v) is 12.0. The molecule has 4 atom stereocenters. The fourth-order valence-corrected chi connectivity index (χ4v) is 3.03. The SMILES string of the molecule is CC1(C)OC[C@@H]([C@H]2OC(=O)[C@@]3(CO)OC(C)(C)O[C@@H]23)O1. The largest absolute Gasteiger partial charge is 0.454 e. The minimum Gasteiger partial charge on any atom is -0.454 e. The quantitative estimate of drug-likeness (QED) is 0.713. The van der Waals surface area contributed by atoms with Crippen molar-refractivity contribution in [1.29, 1.82) is 0 Å². The van der Waals surface area contributed by atoms with E-state index in [1.807, 2.05) is 0 Å². The summed E-state index contributed by atoms with van der Waals surface area (Å²) in [4.78, 5) is 12.1. The van der Waals surface area contributed by atoms with Crippen LogP contribution in [-0.4, -0.2) is 59.8 Å². The number of cyclic esters (lactones) is 1. The summed E-state index contributed by atoms with van der Waals surface area (Å²) in [6, 6.07) is 0. The van der Waals surface area contributed by atoms with Crippen LogP contribution >= 0.6 is 0 Å². The molecule has 3 rings (SSSR count). The van der Waals surface area contributed by atoms with E-state index in [1.165, 1.54) is 0 Å². The molecule has 0 spiro atoms. The Balaban J connectivity index is 1.87. The molecular weight excluding hydrogens is 268 g/mol. The maximum Gasteiger partial charge on any atom is 0.344 e. The van der Waals surface area contributed by atoms with Gasteiger partial charge in [0, 0.05) is 0 Å². The smallest absolute Gasteiger partial charge is 0.344 e. The van der Waals surface area contributed by atoms with Gasteiger partial charge < -0.3 is 28.8 Å². The second kappa shape index (κ2) is 4.14. The first-order valence-electron chi connectivity index (χ1n) is 6.71. The Kier molecular flexibility index (Phi) is 2.94. The molecule has 0 aromatic rings. The second-order valence-corrected chi connectivity index (χ2v) is 6.33. The molecule has 0 aliphatic carbocycles. The highest BCUT2D eigenvalue weighted by Gasteiger charge is 2.69. The molecule has 0 saturated carbocycles. The average Bonchev–Trinajstić information content (AvgIpc) is 2.90. The number of rotatable bonds is 2. The molecule has 0 aromatic heterocycles. The Morgan fingerprint density at radius 1 is 1.20 bits per heavy atom. The van der Waals surface area contributed by atoms with Crippen molar-refractivity contribution in [1.82, 2.24) is 0 Å². The first kappa shape index (κ1) is 14.2. The van der Waals surface area contributed by atoms with E-state index in [2.05, 4.69) is 0 Å².